The van der Waals surface area contributed by atoms with Crippen molar-refractivity contribution < 1.29 is 4.79 Å². The van der Waals surface area contributed by atoms with E-state index in [1.807, 2.05) is 0 Å². The molecule has 1 unspecified atom stereocenters. The molecule has 1 amide bonds. The van der Waals surface area contributed by atoms with E-state index in [4.69, 9.17) is 5.73 Å². The lowest BCUT2D eigenvalue weighted by atomic mass is 9.94. The molecule has 18 heavy (non-hydrogen) atoms. The highest BCUT2D eigenvalue weighted by atomic mass is 16.2. The Hall–Kier alpha value is -1.35. The fourth-order valence-corrected chi connectivity index (χ4v) is 1.88. The van der Waals surface area contributed by atoms with Gasteiger partial charge in [0.2, 0.25) is 5.91 Å². The number of carbonyl (C=O) groups excluding carboxylic acids is 1. The van der Waals surface area contributed by atoms with Crippen LogP contribution in [0.25, 0.3) is 0 Å². The lowest BCUT2D eigenvalue weighted by Crippen LogP contribution is -2.41. The number of hydrogen-bond acceptors (Lipinski definition) is 2. The van der Waals surface area contributed by atoms with Gasteiger partial charge in [-0.15, -0.1) is 0 Å². The molecule has 3 N–H and O–H groups in total. The van der Waals surface area contributed by atoms with Gasteiger partial charge in [0.15, 0.2) is 0 Å². The summed E-state index contributed by atoms with van der Waals surface area (Å²) >= 11 is 0. The normalized spacial score (nSPS) is 14.3. The molecule has 0 heterocycles. The molecule has 0 saturated heterocycles. The Labute approximate surface area is 110 Å². The number of benzene rings is 1. The maximum absolute atomic E-state index is 11.7. The Morgan fingerprint density at radius 1 is 1.22 bits per heavy atom. The third-order valence-electron chi connectivity index (χ3n) is 3.13. The molecule has 0 fully saturated rings. The van der Waals surface area contributed by atoms with Crippen molar-refractivity contribution in [2.24, 2.45) is 11.7 Å². The summed E-state index contributed by atoms with van der Waals surface area (Å²) in [6, 6.07) is 7.96. The number of rotatable bonds is 5. The number of nitrogens with two attached hydrogens (primary N) is 1. The second-order valence-corrected chi connectivity index (χ2v) is 5.11. The largest absolute Gasteiger partial charge is 0.348 e. The second kappa shape index (κ2) is 6.55. The highest BCUT2D eigenvalue weighted by molar-refractivity contribution is 5.81. The number of amides is 1. The van der Waals surface area contributed by atoms with E-state index in [0.29, 0.717) is 5.92 Å². The molecule has 0 bridgehead atoms. The zero-order valence-corrected chi connectivity index (χ0v) is 11.7. The molecule has 1 rings (SSSR count). The van der Waals surface area contributed by atoms with Crippen LogP contribution in [-0.2, 0) is 11.2 Å². The first-order valence-corrected chi connectivity index (χ1v) is 6.60. The molecule has 0 aliphatic rings. The van der Waals surface area contributed by atoms with Gasteiger partial charge in [0, 0.05) is 0 Å². The highest BCUT2D eigenvalue weighted by Gasteiger charge is 2.19. The first-order chi connectivity index (χ1) is 8.45. The monoisotopic (exact) mass is 248 g/mol. The predicted octanol–water partition coefficient (Wildman–Crippen LogP) is 2.41. The summed E-state index contributed by atoms with van der Waals surface area (Å²) in [5, 5.41) is 3.01. The van der Waals surface area contributed by atoms with Crippen molar-refractivity contribution >= 4 is 5.91 Å². The van der Waals surface area contributed by atoms with Crippen molar-refractivity contribution in [2.75, 3.05) is 0 Å². The van der Waals surface area contributed by atoms with Crippen LogP contribution in [0.5, 0.6) is 0 Å². The van der Waals surface area contributed by atoms with Crippen LogP contribution in [0.1, 0.15) is 44.9 Å². The molecule has 2 atom stereocenters. The third kappa shape index (κ3) is 3.84. The number of aryl methyl sites for hydroxylation is 1. The summed E-state index contributed by atoms with van der Waals surface area (Å²) in [6.45, 7) is 8.03. The third-order valence-corrected chi connectivity index (χ3v) is 3.13. The van der Waals surface area contributed by atoms with Crippen molar-refractivity contribution in [3.8, 4) is 0 Å². The average molecular weight is 248 g/mol. The molecule has 1 aromatic rings. The highest BCUT2D eigenvalue weighted by Crippen LogP contribution is 2.22. The Morgan fingerprint density at radius 3 is 2.17 bits per heavy atom. The first kappa shape index (κ1) is 14.7. The van der Waals surface area contributed by atoms with Crippen molar-refractivity contribution in [1.82, 2.24) is 5.32 Å². The molecule has 0 spiro atoms. The van der Waals surface area contributed by atoms with Crippen LogP contribution in [0.4, 0.5) is 0 Å². The zero-order valence-electron chi connectivity index (χ0n) is 11.7. The van der Waals surface area contributed by atoms with E-state index in [9.17, 15) is 4.79 Å². The van der Waals surface area contributed by atoms with Crippen molar-refractivity contribution in [1.29, 1.82) is 0 Å². The van der Waals surface area contributed by atoms with Crippen molar-refractivity contribution in [3.05, 3.63) is 35.4 Å². The molecular formula is C15H24N2O. The van der Waals surface area contributed by atoms with Crippen LogP contribution >= 0.6 is 0 Å². The van der Waals surface area contributed by atoms with Crippen molar-refractivity contribution in [3.63, 3.8) is 0 Å². The fraction of sp³-hybridized carbons (Fsp3) is 0.533. The number of carbonyl (C=O) groups is 1. The van der Waals surface area contributed by atoms with Gasteiger partial charge >= 0.3 is 0 Å². The Kier molecular flexibility index (Phi) is 5.35. The van der Waals surface area contributed by atoms with Crippen LogP contribution in [0, 0.1) is 5.92 Å². The van der Waals surface area contributed by atoms with Gasteiger partial charge in [-0.05, 0) is 30.4 Å². The van der Waals surface area contributed by atoms with Gasteiger partial charge in [0.1, 0.15) is 0 Å². The molecule has 100 valence electrons. The maximum Gasteiger partial charge on any atom is 0.237 e. The zero-order chi connectivity index (χ0) is 13.7. The van der Waals surface area contributed by atoms with E-state index in [1.54, 1.807) is 6.92 Å². The minimum atomic E-state index is -0.471. The Morgan fingerprint density at radius 2 is 1.78 bits per heavy atom. The van der Waals surface area contributed by atoms with Gasteiger partial charge in [-0.1, -0.05) is 45.0 Å². The second-order valence-electron chi connectivity index (χ2n) is 5.11. The first-order valence-electron chi connectivity index (χ1n) is 6.60. The summed E-state index contributed by atoms with van der Waals surface area (Å²) < 4.78 is 0. The van der Waals surface area contributed by atoms with Crippen LogP contribution < -0.4 is 11.1 Å². The summed E-state index contributed by atoms with van der Waals surface area (Å²) in [4.78, 5) is 11.7. The van der Waals surface area contributed by atoms with E-state index < -0.39 is 6.04 Å². The van der Waals surface area contributed by atoms with E-state index in [-0.39, 0.29) is 11.9 Å². The summed E-state index contributed by atoms with van der Waals surface area (Å²) in [7, 11) is 0. The van der Waals surface area contributed by atoms with Crippen LogP contribution in [0.2, 0.25) is 0 Å². The average Bonchev–Trinajstić information content (AvgIpc) is 2.35. The standard InChI is InChI=1S/C15H24N2O/c1-5-12-6-8-13(9-7-12)14(10(2)3)17-15(18)11(4)16/h6-11,14H,5,16H2,1-4H3,(H,17,18)/t11-,14?/m1/s1. The van der Waals surface area contributed by atoms with Gasteiger partial charge in [-0.3, -0.25) is 4.79 Å². The minimum absolute atomic E-state index is 0.0226. The van der Waals surface area contributed by atoms with E-state index >= 15 is 0 Å². The molecule has 3 heteroatoms. The lowest BCUT2D eigenvalue weighted by molar-refractivity contribution is -0.123. The van der Waals surface area contributed by atoms with Gasteiger partial charge < -0.3 is 11.1 Å². The summed E-state index contributed by atoms with van der Waals surface area (Å²) in [5.74, 6) is 0.230. The van der Waals surface area contributed by atoms with Crippen LogP contribution in [0.15, 0.2) is 24.3 Å². The van der Waals surface area contributed by atoms with Gasteiger partial charge in [0.05, 0.1) is 12.1 Å². The number of hydrogen-bond donors (Lipinski definition) is 2. The van der Waals surface area contributed by atoms with E-state index in [1.165, 1.54) is 5.56 Å². The van der Waals surface area contributed by atoms with Crippen molar-refractivity contribution in [2.45, 2.75) is 46.2 Å². The summed E-state index contributed by atoms with van der Waals surface area (Å²) in [5.41, 5.74) is 8.04. The topological polar surface area (TPSA) is 55.1 Å². The summed E-state index contributed by atoms with van der Waals surface area (Å²) in [6.07, 6.45) is 1.03. The maximum atomic E-state index is 11.7. The van der Waals surface area contributed by atoms with Gasteiger partial charge in [-0.25, -0.2) is 0 Å². The van der Waals surface area contributed by atoms with E-state index in [0.717, 1.165) is 12.0 Å². The quantitative estimate of drug-likeness (QED) is 0.840. The SMILES string of the molecule is CCc1ccc(C(NC(=O)[C@@H](C)N)C(C)C)cc1. The van der Waals surface area contributed by atoms with Crippen LogP contribution in [0.3, 0.4) is 0 Å². The molecule has 3 nitrogen and oxygen atoms in total. The Bertz CT molecular complexity index is 382. The molecule has 0 aromatic heterocycles. The molecule has 1 aromatic carbocycles. The smallest absolute Gasteiger partial charge is 0.237 e. The molecule has 0 radical (unpaired) electrons. The molecular weight excluding hydrogens is 224 g/mol. The van der Waals surface area contributed by atoms with Crippen LogP contribution in [-0.4, -0.2) is 11.9 Å². The molecule has 0 aliphatic carbocycles. The van der Waals surface area contributed by atoms with Gasteiger partial charge in [0.25, 0.3) is 0 Å². The minimum Gasteiger partial charge on any atom is -0.348 e. The molecule has 0 aliphatic heterocycles. The van der Waals surface area contributed by atoms with E-state index in [2.05, 4.69) is 50.4 Å². The number of nitrogens with one attached hydrogen (secondary N) is 1. The lowest BCUT2D eigenvalue weighted by Gasteiger charge is -2.24. The fourth-order valence-electron chi connectivity index (χ4n) is 1.88. The molecule has 0 saturated carbocycles. The predicted molar refractivity (Wildman–Crippen MR) is 75.2 cm³/mol. The van der Waals surface area contributed by atoms with Gasteiger partial charge in [-0.2, -0.15) is 0 Å². The Balaban J connectivity index is 2.87.